The van der Waals surface area contributed by atoms with Gasteiger partial charge < -0.3 is 20.3 Å². The Kier molecular flexibility index (Phi) is 45.7. The summed E-state index contributed by atoms with van der Waals surface area (Å²) in [5, 5.41) is 23.2. The van der Waals surface area contributed by atoms with E-state index in [9.17, 15) is 19.8 Å². The monoisotopic (exact) mass is 814 g/mol. The molecule has 0 aromatic heterocycles. The minimum absolute atomic E-state index is 0.0380. The van der Waals surface area contributed by atoms with Crippen molar-refractivity contribution in [1.29, 1.82) is 0 Å². The van der Waals surface area contributed by atoms with Crippen LogP contribution in [0, 0.1) is 0 Å². The third-order valence-corrected chi connectivity index (χ3v) is 11.1. The van der Waals surface area contributed by atoms with Crippen molar-refractivity contribution in [1.82, 2.24) is 5.32 Å². The van der Waals surface area contributed by atoms with E-state index in [0.29, 0.717) is 25.9 Å². The van der Waals surface area contributed by atoms with Gasteiger partial charge in [-0.25, -0.2) is 0 Å². The molecule has 0 saturated heterocycles. The van der Waals surface area contributed by atoms with Gasteiger partial charge in [0.2, 0.25) is 5.91 Å². The maximum absolute atomic E-state index is 12.4. The van der Waals surface area contributed by atoms with Crippen LogP contribution in [-0.2, 0) is 14.3 Å². The third-order valence-electron chi connectivity index (χ3n) is 11.1. The second-order valence-corrected chi connectivity index (χ2v) is 16.8. The Balaban J connectivity index is 3.55. The number of aliphatic hydroxyl groups excluding tert-OH is 2. The quantitative estimate of drug-likeness (QED) is 0.0246. The minimum Gasteiger partial charge on any atom is -0.466 e. The molecule has 6 nitrogen and oxygen atoms in total. The van der Waals surface area contributed by atoms with Gasteiger partial charge in [-0.1, -0.05) is 197 Å². The smallest absolute Gasteiger partial charge is 0.305 e. The number of carbonyl (C=O) groups excluding carboxylic acids is 2. The fourth-order valence-corrected chi connectivity index (χ4v) is 7.25. The number of unbranched alkanes of at least 4 members (excludes halogenated alkanes) is 27. The Bertz CT molecular complexity index is 988. The lowest BCUT2D eigenvalue weighted by Crippen LogP contribution is -2.45. The van der Waals surface area contributed by atoms with Crippen LogP contribution < -0.4 is 5.32 Å². The number of ether oxygens (including phenoxy) is 1. The van der Waals surface area contributed by atoms with Crippen molar-refractivity contribution < 1.29 is 24.5 Å². The fourth-order valence-electron chi connectivity index (χ4n) is 7.25. The summed E-state index contributed by atoms with van der Waals surface area (Å²) in [5.74, 6) is -0.0979. The second kappa shape index (κ2) is 47.5. The number of carbonyl (C=O) groups is 2. The second-order valence-electron chi connectivity index (χ2n) is 16.8. The molecule has 2 unspecified atom stereocenters. The summed E-state index contributed by atoms with van der Waals surface area (Å²) in [5.41, 5.74) is 0. The molecule has 0 rings (SSSR count). The average Bonchev–Trinajstić information content (AvgIpc) is 3.22. The van der Waals surface area contributed by atoms with Crippen LogP contribution in [0.25, 0.3) is 0 Å². The lowest BCUT2D eigenvalue weighted by Gasteiger charge is -2.22. The van der Waals surface area contributed by atoms with E-state index in [1.807, 2.05) is 0 Å². The zero-order valence-electron chi connectivity index (χ0n) is 38.3. The van der Waals surface area contributed by atoms with Crippen LogP contribution >= 0.6 is 0 Å². The van der Waals surface area contributed by atoms with Crippen LogP contribution in [-0.4, -0.2) is 47.4 Å². The highest BCUT2D eigenvalue weighted by molar-refractivity contribution is 5.76. The SMILES string of the molecule is CCC/C=C\C/C=C\CCCCCCCC(=O)OCCCCC/C=C\C=C/CCCCCCCCC(=O)NC(CO)C(O)CCCCCCCCCCCCCCC. The molecule has 0 aliphatic carbocycles. The number of amides is 1. The highest BCUT2D eigenvalue weighted by Crippen LogP contribution is 2.15. The van der Waals surface area contributed by atoms with Crippen molar-refractivity contribution >= 4 is 11.9 Å². The van der Waals surface area contributed by atoms with Crippen molar-refractivity contribution in [3.8, 4) is 0 Å². The molecular formula is C52H95NO5. The summed E-state index contributed by atoms with van der Waals surface area (Å²) in [6.07, 6.45) is 57.9. The first-order valence-corrected chi connectivity index (χ1v) is 24.9. The zero-order valence-corrected chi connectivity index (χ0v) is 38.3. The highest BCUT2D eigenvalue weighted by Gasteiger charge is 2.20. The van der Waals surface area contributed by atoms with Crippen molar-refractivity contribution in [2.45, 2.75) is 257 Å². The molecule has 58 heavy (non-hydrogen) atoms. The molecule has 0 radical (unpaired) electrons. The third kappa shape index (κ3) is 43.4. The molecule has 0 bridgehead atoms. The van der Waals surface area contributed by atoms with Gasteiger partial charge in [-0.05, 0) is 83.5 Å². The summed E-state index contributed by atoms with van der Waals surface area (Å²) >= 11 is 0. The molecule has 0 fully saturated rings. The summed E-state index contributed by atoms with van der Waals surface area (Å²) in [4.78, 5) is 24.4. The van der Waals surface area contributed by atoms with E-state index in [-0.39, 0.29) is 18.5 Å². The standard InChI is InChI=1S/C52H95NO5/c1-3-5-7-9-11-13-15-20-24-28-32-36-40-44-50(55)49(48-54)53-51(56)45-41-37-33-29-25-22-18-17-19-23-27-31-35-39-43-47-58-52(57)46-42-38-34-30-26-21-16-14-12-10-8-6-4-2/h8,10,14,16-17,19,23,27,49-50,54-55H,3-7,9,11-13,15,18,20-22,24-26,28-48H2,1-2H3,(H,53,56)/b10-8-,16-14-,19-17-,27-23-. The van der Waals surface area contributed by atoms with Gasteiger partial charge >= 0.3 is 5.97 Å². The summed E-state index contributed by atoms with van der Waals surface area (Å²) < 4.78 is 5.42. The molecule has 338 valence electrons. The highest BCUT2D eigenvalue weighted by atomic mass is 16.5. The molecule has 0 saturated carbocycles. The van der Waals surface area contributed by atoms with E-state index >= 15 is 0 Å². The van der Waals surface area contributed by atoms with Gasteiger partial charge in [0.15, 0.2) is 0 Å². The number of hydrogen-bond donors (Lipinski definition) is 3. The summed E-state index contributed by atoms with van der Waals surface area (Å²) in [6.45, 7) is 4.81. The molecule has 0 spiro atoms. The predicted octanol–water partition coefficient (Wildman–Crippen LogP) is 14.7. The lowest BCUT2D eigenvalue weighted by molar-refractivity contribution is -0.143. The first-order valence-electron chi connectivity index (χ1n) is 24.9. The van der Waals surface area contributed by atoms with Gasteiger partial charge in [-0.3, -0.25) is 9.59 Å². The molecule has 1 amide bonds. The van der Waals surface area contributed by atoms with E-state index in [0.717, 1.165) is 89.9 Å². The van der Waals surface area contributed by atoms with Gasteiger partial charge in [0.1, 0.15) is 0 Å². The maximum Gasteiger partial charge on any atom is 0.305 e. The van der Waals surface area contributed by atoms with Crippen LogP contribution in [0.15, 0.2) is 48.6 Å². The summed E-state index contributed by atoms with van der Waals surface area (Å²) in [7, 11) is 0. The number of aliphatic hydroxyl groups is 2. The van der Waals surface area contributed by atoms with Gasteiger partial charge in [-0.15, -0.1) is 0 Å². The van der Waals surface area contributed by atoms with Crippen molar-refractivity contribution in [3.05, 3.63) is 48.6 Å². The van der Waals surface area contributed by atoms with Crippen LogP contribution in [0.4, 0.5) is 0 Å². The largest absolute Gasteiger partial charge is 0.466 e. The first-order chi connectivity index (χ1) is 28.5. The molecule has 6 heteroatoms. The Hall–Kier alpha value is -2.18. The normalized spacial score (nSPS) is 13.1. The predicted molar refractivity (Wildman–Crippen MR) is 250 cm³/mol. The van der Waals surface area contributed by atoms with E-state index in [1.165, 1.54) is 122 Å². The lowest BCUT2D eigenvalue weighted by atomic mass is 10.0. The van der Waals surface area contributed by atoms with E-state index in [2.05, 4.69) is 67.8 Å². The number of nitrogens with one attached hydrogen (secondary N) is 1. The summed E-state index contributed by atoms with van der Waals surface area (Å²) in [6, 6.07) is -0.558. The Morgan fingerprint density at radius 3 is 1.48 bits per heavy atom. The van der Waals surface area contributed by atoms with Crippen molar-refractivity contribution in [2.24, 2.45) is 0 Å². The van der Waals surface area contributed by atoms with Gasteiger partial charge in [-0.2, -0.15) is 0 Å². The number of allylic oxidation sites excluding steroid dienone is 8. The van der Waals surface area contributed by atoms with E-state index in [1.54, 1.807) is 0 Å². The van der Waals surface area contributed by atoms with Crippen LogP contribution in [0.1, 0.15) is 245 Å². The van der Waals surface area contributed by atoms with Crippen molar-refractivity contribution in [3.63, 3.8) is 0 Å². The topological polar surface area (TPSA) is 95.9 Å². The molecule has 0 aromatic carbocycles. The van der Waals surface area contributed by atoms with Gasteiger partial charge in [0, 0.05) is 12.8 Å². The van der Waals surface area contributed by atoms with Gasteiger partial charge in [0.25, 0.3) is 0 Å². The molecule has 0 aliphatic rings. The van der Waals surface area contributed by atoms with E-state index in [4.69, 9.17) is 4.74 Å². The number of hydrogen-bond acceptors (Lipinski definition) is 5. The van der Waals surface area contributed by atoms with Crippen LogP contribution in [0.5, 0.6) is 0 Å². The van der Waals surface area contributed by atoms with Crippen LogP contribution in [0.2, 0.25) is 0 Å². The molecule has 0 aliphatic heterocycles. The Labute approximate surface area is 359 Å². The molecule has 3 N–H and O–H groups in total. The molecule has 0 heterocycles. The van der Waals surface area contributed by atoms with Crippen LogP contribution in [0.3, 0.4) is 0 Å². The van der Waals surface area contributed by atoms with E-state index < -0.39 is 12.1 Å². The van der Waals surface area contributed by atoms with Gasteiger partial charge in [0.05, 0.1) is 25.4 Å². The first kappa shape index (κ1) is 55.8. The van der Waals surface area contributed by atoms with Crippen molar-refractivity contribution in [2.75, 3.05) is 13.2 Å². The fraction of sp³-hybridized carbons (Fsp3) is 0.808. The maximum atomic E-state index is 12.4. The minimum atomic E-state index is -0.679. The molecular weight excluding hydrogens is 719 g/mol. The molecule has 0 aromatic rings. The molecule has 2 atom stereocenters. The Morgan fingerprint density at radius 2 is 0.948 bits per heavy atom. The zero-order chi connectivity index (χ0) is 42.3. The number of esters is 1. The number of rotatable bonds is 45. The average molecular weight is 814 g/mol. The Morgan fingerprint density at radius 1 is 0.500 bits per heavy atom.